The number of amides is 1. The van der Waals surface area contributed by atoms with Crippen molar-refractivity contribution >= 4 is 11.8 Å². The highest BCUT2D eigenvalue weighted by Gasteiger charge is 2.37. The van der Waals surface area contributed by atoms with Crippen molar-refractivity contribution in [3.05, 3.63) is 136 Å². The Morgan fingerprint density at radius 1 is 0.667 bits per heavy atom. The molecule has 1 aliphatic rings. The number of methoxy groups -OCH3 is 1. The Balaban J connectivity index is 1.56. The number of hydrogen-bond donors (Lipinski definition) is 0. The van der Waals surface area contributed by atoms with E-state index in [1.54, 1.807) is 0 Å². The average Bonchev–Trinajstić information content (AvgIpc) is 3.47. The largest absolute Gasteiger partial charge is 0.453 e. The second-order valence-electron chi connectivity index (χ2n) is 11.2. The van der Waals surface area contributed by atoms with Crippen molar-refractivity contribution < 1.29 is 35.9 Å². The van der Waals surface area contributed by atoms with Crippen LogP contribution in [-0.4, -0.2) is 18.1 Å². The minimum Gasteiger partial charge on any atom is -0.453 e. The summed E-state index contributed by atoms with van der Waals surface area (Å²) in [5.74, 6) is 0. The molecule has 0 unspecified atom stereocenters. The Labute approximate surface area is 257 Å². The Morgan fingerprint density at radius 2 is 1.18 bits per heavy atom. The third-order valence-corrected chi connectivity index (χ3v) is 7.88. The Hall–Kier alpha value is -4.47. The van der Waals surface area contributed by atoms with Crippen LogP contribution in [-0.2, 0) is 56.1 Å². The van der Waals surface area contributed by atoms with Gasteiger partial charge in [-0.2, -0.15) is 26.3 Å². The lowest BCUT2D eigenvalue weighted by Crippen LogP contribution is -2.32. The number of alkyl halides is 6. The van der Waals surface area contributed by atoms with Gasteiger partial charge in [0.2, 0.25) is 0 Å². The van der Waals surface area contributed by atoms with Gasteiger partial charge in [-0.25, -0.2) is 4.79 Å². The predicted molar refractivity (Wildman–Crippen MR) is 159 cm³/mol. The van der Waals surface area contributed by atoms with Crippen LogP contribution in [0, 0.1) is 0 Å². The molecule has 0 aromatic heterocycles. The van der Waals surface area contributed by atoms with E-state index in [1.807, 2.05) is 66.7 Å². The van der Waals surface area contributed by atoms with Gasteiger partial charge in [-0.3, -0.25) is 4.90 Å². The molecule has 0 saturated heterocycles. The fourth-order valence-electron chi connectivity index (χ4n) is 5.77. The quantitative estimate of drug-likeness (QED) is 0.174. The summed E-state index contributed by atoms with van der Waals surface area (Å²) in [5.41, 5.74) is 2.75. The highest BCUT2D eigenvalue weighted by atomic mass is 19.4. The molecule has 0 heterocycles. The number of anilines is 1. The summed E-state index contributed by atoms with van der Waals surface area (Å²) < 4.78 is 86.5. The number of fused-ring (bicyclic) bond motifs is 1. The maximum atomic E-state index is 13.6. The second kappa shape index (κ2) is 13.3. The summed E-state index contributed by atoms with van der Waals surface area (Å²) in [6.45, 7) is 0.450. The highest BCUT2D eigenvalue weighted by Crippen LogP contribution is 2.38. The molecule has 4 aromatic rings. The number of carbonyl (C=O) groups excluding carboxylic acids is 1. The van der Waals surface area contributed by atoms with Crippen LogP contribution in [0.25, 0.3) is 0 Å². The van der Waals surface area contributed by atoms with E-state index >= 15 is 0 Å². The standard InChI is InChI=1S/C35H32F6N2O2/c1-45-33(44)43(22-26-15-30(34(36,37)38)19-31(16-26)35(39,40)41)23-29-17-27-13-8-14-28(27)18-32(29)42(20-24-9-4-2-5-10-24)21-25-11-6-3-7-12-25/h2-7,9-12,15-19H,8,13-14,20-23H2,1H3. The number of rotatable bonds is 9. The number of halogens is 6. The zero-order valence-electron chi connectivity index (χ0n) is 24.6. The first-order chi connectivity index (χ1) is 21.4. The summed E-state index contributed by atoms with van der Waals surface area (Å²) >= 11 is 0. The maximum absolute atomic E-state index is 13.6. The van der Waals surface area contributed by atoms with E-state index in [2.05, 4.69) is 11.0 Å². The molecule has 45 heavy (non-hydrogen) atoms. The number of carbonyl (C=O) groups is 1. The Kier molecular flexibility index (Phi) is 9.41. The van der Waals surface area contributed by atoms with Gasteiger partial charge in [0.05, 0.1) is 24.8 Å². The molecule has 0 N–H and O–H groups in total. The van der Waals surface area contributed by atoms with Crippen molar-refractivity contribution in [2.75, 3.05) is 12.0 Å². The molecule has 0 radical (unpaired) electrons. The summed E-state index contributed by atoms with van der Waals surface area (Å²) in [7, 11) is 1.13. The predicted octanol–water partition coefficient (Wildman–Crippen LogP) is 9.19. The lowest BCUT2D eigenvalue weighted by atomic mass is 10.0. The monoisotopic (exact) mass is 626 g/mol. The number of nitrogens with zero attached hydrogens (tertiary/aromatic N) is 2. The number of benzene rings is 4. The maximum Gasteiger partial charge on any atom is 0.416 e. The minimum atomic E-state index is -5.01. The van der Waals surface area contributed by atoms with Crippen LogP contribution in [0.5, 0.6) is 0 Å². The smallest absolute Gasteiger partial charge is 0.416 e. The van der Waals surface area contributed by atoms with Crippen LogP contribution in [0.2, 0.25) is 0 Å². The minimum absolute atomic E-state index is 0.0790. The average molecular weight is 627 g/mol. The van der Waals surface area contributed by atoms with Crippen molar-refractivity contribution in [3.8, 4) is 0 Å². The van der Waals surface area contributed by atoms with Crippen LogP contribution in [0.3, 0.4) is 0 Å². The van der Waals surface area contributed by atoms with Gasteiger partial charge < -0.3 is 9.64 Å². The molecule has 236 valence electrons. The SMILES string of the molecule is COC(=O)N(Cc1cc(C(F)(F)F)cc(C(F)(F)F)c1)Cc1cc2c(cc1N(Cc1ccccc1)Cc1ccccc1)CCC2. The molecule has 1 aliphatic carbocycles. The van der Waals surface area contributed by atoms with E-state index in [0.717, 1.165) is 59.2 Å². The fraction of sp³-hybridized carbons (Fsp3) is 0.286. The van der Waals surface area contributed by atoms with Gasteiger partial charge >= 0.3 is 18.4 Å². The van der Waals surface area contributed by atoms with Gasteiger partial charge in [0.15, 0.2) is 0 Å². The summed E-state index contributed by atoms with van der Waals surface area (Å²) in [6.07, 6.45) is -8.20. The van der Waals surface area contributed by atoms with E-state index in [1.165, 1.54) is 5.56 Å². The molecular formula is C35H32F6N2O2. The van der Waals surface area contributed by atoms with Gasteiger partial charge in [-0.05, 0) is 76.9 Å². The Bertz CT molecular complexity index is 1550. The van der Waals surface area contributed by atoms with Crippen LogP contribution < -0.4 is 4.90 Å². The van der Waals surface area contributed by atoms with Gasteiger partial charge in [0.1, 0.15) is 0 Å². The van der Waals surface area contributed by atoms with E-state index in [4.69, 9.17) is 4.74 Å². The first-order valence-electron chi connectivity index (χ1n) is 14.5. The number of hydrogen-bond acceptors (Lipinski definition) is 3. The van der Waals surface area contributed by atoms with Crippen LogP contribution in [0.15, 0.2) is 91.0 Å². The lowest BCUT2D eigenvalue weighted by molar-refractivity contribution is -0.143. The third kappa shape index (κ3) is 7.98. The first-order valence-corrected chi connectivity index (χ1v) is 14.5. The molecule has 5 rings (SSSR count). The molecule has 0 saturated carbocycles. The normalized spacial score (nSPS) is 13.0. The van der Waals surface area contributed by atoms with E-state index in [9.17, 15) is 31.1 Å². The van der Waals surface area contributed by atoms with Crippen molar-refractivity contribution in [2.24, 2.45) is 0 Å². The number of aryl methyl sites for hydroxylation is 2. The van der Waals surface area contributed by atoms with E-state index in [0.29, 0.717) is 25.2 Å². The van der Waals surface area contributed by atoms with Crippen molar-refractivity contribution in [1.29, 1.82) is 0 Å². The van der Waals surface area contributed by atoms with Crippen LogP contribution in [0.1, 0.15) is 50.9 Å². The van der Waals surface area contributed by atoms with Crippen LogP contribution >= 0.6 is 0 Å². The molecule has 4 nitrogen and oxygen atoms in total. The second-order valence-corrected chi connectivity index (χ2v) is 11.2. The highest BCUT2D eigenvalue weighted by molar-refractivity contribution is 5.69. The zero-order valence-corrected chi connectivity index (χ0v) is 24.6. The molecule has 1 amide bonds. The summed E-state index contributed by atoms with van der Waals surface area (Å²) in [4.78, 5) is 16.3. The van der Waals surface area contributed by atoms with Gasteiger partial charge in [-0.15, -0.1) is 0 Å². The molecule has 4 aromatic carbocycles. The van der Waals surface area contributed by atoms with Gasteiger partial charge in [-0.1, -0.05) is 66.7 Å². The fourth-order valence-corrected chi connectivity index (χ4v) is 5.77. The van der Waals surface area contributed by atoms with E-state index in [-0.39, 0.29) is 18.2 Å². The third-order valence-electron chi connectivity index (χ3n) is 7.88. The van der Waals surface area contributed by atoms with Gasteiger partial charge in [0.25, 0.3) is 0 Å². The van der Waals surface area contributed by atoms with Gasteiger partial charge in [0, 0.05) is 25.3 Å². The lowest BCUT2D eigenvalue weighted by Gasteiger charge is -2.31. The van der Waals surface area contributed by atoms with Crippen molar-refractivity contribution in [2.45, 2.75) is 57.8 Å². The zero-order chi connectivity index (χ0) is 32.2. The van der Waals surface area contributed by atoms with E-state index < -0.39 is 36.1 Å². The summed E-state index contributed by atoms with van der Waals surface area (Å²) in [6, 6.07) is 25.2. The molecule has 0 fully saturated rings. The van der Waals surface area contributed by atoms with Crippen molar-refractivity contribution in [1.82, 2.24) is 4.90 Å². The molecule has 0 bridgehead atoms. The molecule has 0 spiro atoms. The first kappa shape index (κ1) is 31.9. The van der Waals surface area contributed by atoms with Crippen molar-refractivity contribution in [3.63, 3.8) is 0 Å². The molecule has 10 heteroatoms. The Morgan fingerprint density at radius 3 is 1.67 bits per heavy atom. The topological polar surface area (TPSA) is 32.8 Å². The molecular weight excluding hydrogens is 594 g/mol. The molecule has 0 atom stereocenters. The summed E-state index contributed by atoms with van der Waals surface area (Å²) in [5, 5.41) is 0. The van der Waals surface area contributed by atoms with Crippen LogP contribution in [0.4, 0.5) is 36.8 Å². The number of ether oxygens (including phenoxy) is 1. The molecule has 0 aliphatic heterocycles.